The van der Waals surface area contributed by atoms with Crippen molar-refractivity contribution in [3.05, 3.63) is 53.6 Å². The van der Waals surface area contributed by atoms with Gasteiger partial charge >= 0.3 is 6.18 Å². The second-order valence-electron chi connectivity index (χ2n) is 12.3. The van der Waals surface area contributed by atoms with Crippen LogP contribution in [0.25, 0.3) is 0 Å². The number of nitrogens with zero attached hydrogens (tertiary/aromatic N) is 2. The molecule has 0 fully saturated rings. The SMILES string of the molecule is Cc1ccc(S(=O)(=O)Nc2ccc3c(c2)C(=O)N([C@@H](C)CO)C[C@@H](C)[C@@H](CN(C)C(=O)CCC(F)(F)F)OCCCC[C@@H](C)O3)cc1. The average molecular weight is 686 g/mol. The van der Waals surface area contributed by atoms with Crippen LogP contribution in [0.4, 0.5) is 18.9 Å². The fraction of sp³-hybridized carbons (Fsp3) is 0.576. The number of sulfonamides is 1. The first-order valence-electron chi connectivity index (χ1n) is 15.7. The molecule has 1 heterocycles. The molecule has 0 spiro atoms. The van der Waals surface area contributed by atoms with Gasteiger partial charge in [0.15, 0.2) is 0 Å². The largest absolute Gasteiger partial charge is 0.490 e. The molecule has 3 rings (SSSR count). The highest BCUT2D eigenvalue weighted by Crippen LogP contribution is 2.30. The molecule has 262 valence electrons. The van der Waals surface area contributed by atoms with Gasteiger partial charge in [0.1, 0.15) is 5.75 Å². The zero-order valence-electron chi connectivity index (χ0n) is 27.5. The van der Waals surface area contributed by atoms with Gasteiger partial charge in [0.2, 0.25) is 5.91 Å². The van der Waals surface area contributed by atoms with Crippen LogP contribution >= 0.6 is 0 Å². The lowest BCUT2D eigenvalue weighted by Gasteiger charge is -2.36. The summed E-state index contributed by atoms with van der Waals surface area (Å²) in [6.45, 7) is 7.18. The summed E-state index contributed by atoms with van der Waals surface area (Å²) in [5, 5.41) is 10.1. The van der Waals surface area contributed by atoms with Gasteiger partial charge in [0.05, 0.1) is 41.7 Å². The third-order valence-corrected chi connectivity index (χ3v) is 9.53. The highest BCUT2D eigenvalue weighted by Gasteiger charge is 2.32. The maximum absolute atomic E-state index is 14.2. The van der Waals surface area contributed by atoms with Gasteiger partial charge in [-0.15, -0.1) is 0 Å². The van der Waals surface area contributed by atoms with Crippen molar-refractivity contribution in [3.63, 3.8) is 0 Å². The number of nitrogens with one attached hydrogen (secondary N) is 1. The van der Waals surface area contributed by atoms with Gasteiger partial charge in [-0.2, -0.15) is 13.2 Å². The number of hydrogen-bond donors (Lipinski definition) is 2. The first-order valence-corrected chi connectivity index (χ1v) is 17.2. The van der Waals surface area contributed by atoms with Crippen molar-refractivity contribution in [2.75, 3.05) is 38.1 Å². The number of carbonyl (C=O) groups excluding carboxylic acids is 2. The van der Waals surface area contributed by atoms with Crippen LogP contribution in [0.2, 0.25) is 0 Å². The fourth-order valence-corrected chi connectivity index (χ4v) is 6.24. The zero-order valence-corrected chi connectivity index (χ0v) is 28.4. The van der Waals surface area contributed by atoms with Crippen molar-refractivity contribution >= 4 is 27.5 Å². The topological polar surface area (TPSA) is 125 Å². The Bertz CT molecular complexity index is 1450. The van der Waals surface area contributed by atoms with Crippen LogP contribution in [-0.4, -0.2) is 92.9 Å². The third-order valence-electron chi connectivity index (χ3n) is 8.14. The van der Waals surface area contributed by atoms with E-state index in [4.69, 9.17) is 9.47 Å². The van der Waals surface area contributed by atoms with Crippen LogP contribution in [0, 0.1) is 12.8 Å². The van der Waals surface area contributed by atoms with E-state index >= 15 is 0 Å². The second-order valence-corrected chi connectivity index (χ2v) is 14.0. The number of carbonyl (C=O) groups is 2. The van der Waals surface area contributed by atoms with E-state index < -0.39 is 58.9 Å². The molecule has 2 aromatic carbocycles. The molecule has 4 atom stereocenters. The number of aliphatic hydroxyl groups is 1. The molecule has 2 N–H and O–H groups in total. The van der Waals surface area contributed by atoms with Crippen LogP contribution in [0.3, 0.4) is 0 Å². The van der Waals surface area contributed by atoms with Crippen LogP contribution in [0.5, 0.6) is 5.75 Å². The molecule has 1 aliphatic rings. The molecule has 1 aliphatic heterocycles. The van der Waals surface area contributed by atoms with Crippen molar-refractivity contribution in [2.45, 2.75) is 89.1 Å². The summed E-state index contributed by atoms with van der Waals surface area (Å²) in [5.41, 5.74) is 1.12. The number of benzene rings is 2. The molecule has 0 radical (unpaired) electrons. The molecule has 0 saturated carbocycles. The Labute approximate surface area is 275 Å². The number of aryl methyl sites for hydroxylation is 1. The maximum Gasteiger partial charge on any atom is 0.389 e. The van der Waals surface area contributed by atoms with Crippen molar-refractivity contribution < 1.29 is 45.8 Å². The predicted octanol–water partition coefficient (Wildman–Crippen LogP) is 5.39. The Morgan fingerprint density at radius 1 is 1.15 bits per heavy atom. The Morgan fingerprint density at radius 3 is 2.47 bits per heavy atom. The highest BCUT2D eigenvalue weighted by atomic mass is 32.2. The van der Waals surface area contributed by atoms with E-state index in [0.717, 1.165) is 5.56 Å². The zero-order chi connectivity index (χ0) is 34.9. The lowest BCUT2D eigenvalue weighted by Crippen LogP contribution is -2.48. The van der Waals surface area contributed by atoms with Crippen molar-refractivity contribution in [1.82, 2.24) is 9.80 Å². The minimum Gasteiger partial charge on any atom is -0.490 e. The Hall–Kier alpha value is -3.36. The monoisotopic (exact) mass is 685 g/mol. The number of anilines is 1. The molecule has 0 aromatic heterocycles. The first kappa shape index (κ1) is 38.1. The molecule has 10 nitrogen and oxygen atoms in total. The number of ether oxygens (including phenoxy) is 2. The first-order chi connectivity index (χ1) is 22.0. The van der Waals surface area contributed by atoms with Crippen LogP contribution in [0.1, 0.15) is 68.8 Å². The summed E-state index contributed by atoms with van der Waals surface area (Å²) < 4.78 is 79.4. The minimum atomic E-state index is -4.46. The molecule has 2 amide bonds. The highest BCUT2D eigenvalue weighted by molar-refractivity contribution is 7.92. The van der Waals surface area contributed by atoms with Crippen molar-refractivity contribution in [2.24, 2.45) is 5.92 Å². The van der Waals surface area contributed by atoms with Gasteiger partial charge in [-0.3, -0.25) is 14.3 Å². The lowest BCUT2D eigenvalue weighted by molar-refractivity contribution is -0.149. The normalized spacial score (nSPS) is 20.8. The van der Waals surface area contributed by atoms with Gasteiger partial charge in [-0.05, 0) is 70.4 Å². The summed E-state index contributed by atoms with van der Waals surface area (Å²) >= 11 is 0. The number of alkyl halides is 3. The third kappa shape index (κ3) is 11.4. The summed E-state index contributed by atoms with van der Waals surface area (Å²) in [5.74, 6) is -1.36. The van der Waals surface area contributed by atoms with Gasteiger partial charge in [-0.1, -0.05) is 24.6 Å². The molecular weight excluding hydrogens is 639 g/mol. The predicted molar refractivity (Wildman–Crippen MR) is 172 cm³/mol. The smallest absolute Gasteiger partial charge is 0.389 e. The Kier molecular flexibility index (Phi) is 13.5. The second kappa shape index (κ2) is 16.6. The minimum absolute atomic E-state index is 0.00837. The molecule has 0 bridgehead atoms. The summed E-state index contributed by atoms with van der Waals surface area (Å²) in [4.78, 5) is 29.5. The molecule has 0 aliphatic carbocycles. The summed E-state index contributed by atoms with van der Waals surface area (Å²) in [6.07, 6.45) is -5.31. The van der Waals surface area contributed by atoms with E-state index in [1.807, 2.05) is 13.8 Å². The summed E-state index contributed by atoms with van der Waals surface area (Å²) in [6, 6.07) is 10.1. The van der Waals surface area contributed by atoms with Crippen LogP contribution < -0.4 is 9.46 Å². The van der Waals surface area contributed by atoms with Crippen LogP contribution in [-0.2, 0) is 19.6 Å². The quantitative estimate of drug-likeness (QED) is 0.363. The number of hydrogen-bond acceptors (Lipinski definition) is 7. The van der Waals surface area contributed by atoms with Gasteiger partial charge < -0.3 is 24.4 Å². The van der Waals surface area contributed by atoms with Crippen molar-refractivity contribution in [1.29, 1.82) is 0 Å². The van der Waals surface area contributed by atoms with E-state index in [-0.39, 0.29) is 47.7 Å². The molecule has 2 aromatic rings. The molecule has 0 saturated heterocycles. The number of rotatable bonds is 9. The van der Waals surface area contributed by atoms with Gasteiger partial charge in [0, 0.05) is 44.8 Å². The number of fused-ring (bicyclic) bond motifs is 1. The van der Waals surface area contributed by atoms with E-state index in [1.54, 1.807) is 32.0 Å². The molecule has 0 unspecified atom stereocenters. The number of likely N-dealkylation sites (N-methyl/N-ethyl adjacent to an activating group) is 1. The van der Waals surface area contributed by atoms with E-state index in [2.05, 4.69) is 4.72 Å². The lowest BCUT2D eigenvalue weighted by atomic mass is 10.0. The average Bonchev–Trinajstić information content (AvgIpc) is 3.00. The van der Waals surface area contributed by atoms with E-state index in [1.165, 1.54) is 41.1 Å². The standard InChI is InChI=1S/C33H46F3N3O7S/c1-22-9-12-27(13-10-22)47(43,44)37-26-11-14-29-28(18-26)32(42)39(24(3)21-40)19-23(2)30(45-17-7-6-8-25(4)46-29)20-38(5)31(41)15-16-33(34,35)36/h9-14,18,23-25,30,37,40H,6-8,15-17,19-21H2,1-5H3/t23-,24+,25-,30-/m1/s1. The van der Waals surface area contributed by atoms with Gasteiger partial charge in [0.25, 0.3) is 15.9 Å². The van der Waals surface area contributed by atoms with E-state index in [9.17, 15) is 36.3 Å². The Morgan fingerprint density at radius 2 is 1.83 bits per heavy atom. The number of aliphatic hydroxyl groups excluding tert-OH is 1. The molecule has 47 heavy (non-hydrogen) atoms. The van der Waals surface area contributed by atoms with Crippen molar-refractivity contribution in [3.8, 4) is 5.75 Å². The maximum atomic E-state index is 14.2. The molecular formula is C33H46F3N3O7S. The fourth-order valence-electron chi connectivity index (χ4n) is 5.19. The number of amides is 2. The van der Waals surface area contributed by atoms with E-state index in [0.29, 0.717) is 25.9 Å². The van der Waals surface area contributed by atoms with Crippen LogP contribution in [0.15, 0.2) is 47.4 Å². The Balaban J connectivity index is 1.95. The molecule has 14 heteroatoms. The number of halogens is 3. The summed E-state index contributed by atoms with van der Waals surface area (Å²) in [7, 11) is -2.56. The van der Waals surface area contributed by atoms with Gasteiger partial charge in [-0.25, -0.2) is 8.42 Å².